The van der Waals surface area contributed by atoms with Crippen LogP contribution in [0.25, 0.3) is 0 Å². The Morgan fingerprint density at radius 1 is 1.16 bits per heavy atom. The van der Waals surface area contributed by atoms with E-state index in [1.807, 2.05) is 61.5 Å². The van der Waals surface area contributed by atoms with E-state index >= 15 is 0 Å². The Labute approximate surface area is 152 Å². The first-order valence-corrected chi connectivity index (χ1v) is 9.78. The number of benzene rings is 2. The molecular weight excluding hydrogens is 383 g/mol. The topological polar surface area (TPSA) is 55.6 Å². The van der Waals surface area contributed by atoms with Gasteiger partial charge in [0.1, 0.15) is 0 Å². The second-order valence-corrected chi connectivity index (χ2v) is 9.47. The van der Waals surface area contributed by atoms with Crippen molar-refractivity contribution in [2.45, 2.75) is 17.4 Å². The predicted octanol–water partition coefficient (Wildman–Crippen LogP) is 1.37. The second-order valence-electron chi connectivity index (χ2n) is 6.32. The van der Waals surface area contributed by atoms with E-state index in [0.717, 1.165) is 20.6 Å². The first-order valence-electron chi connectivity index (χ1n) is 8.07. The van der Waals surface area contributed by atoms with Gasteiger partial charge < -0.3 is 0 Å². The molecule has 6 heteroatoms. The number of fused-ring (bicyclic) bond motifs is 1. The van der Waals surface area contributed by atoms with Crippen LogP contribution >= 0.6 is 0 Å². The summed E-state index contributed by atoms with van der Waals surface area (Å²) in [5, 5.41) is 12.7. The van der Waals surface area contributed by atoms with Crippen molar-refractivity contribution in [3.63, 3.8) is 0 Å². The van der Waals surface area contributed by atoms with Gasteiger partial charge in [0.25, 0.3) is 0 Å². The van der Waals surface area contributed by atoms with Gasteiger partial charge in [0, 0.05) is 0 Å². The van der Waals surface area contributed by atoms with E-state index in [1.54, 1.807) is 18.2 Å². The number of β-lactam (4-membered cyclic amide) rings is 1. The Balaban J connectivity index is 1.60. The third-order valence-electron chi connectivity index (χ3n) is 4.86. The van der Waals surface area contributed by atoms with E-state index < -0.39 is 4.44 Å². The van der Waals surface area contributed by atoms with E-state index in [9.17, 15) is 10.0 Å². The molecule has 128 valence electrons. The van der Waals surface area contributed by atoms with Crippen LogP contribution in [0, 0.1) is 11.1 Å². The van der Waals surface area contributed by atoms with Gasteiger partial charge in [0.2, 0.25) is 0 Å². The molecule has 25 heavy (non-hydrogen) atoms. The molecule has 1 fully saturated rings. The third kappa shape index (κ3) is 2.44. The zero-order valence-corrected chi connectivity index (χ0v) is 15.7. The molecule has 0 spiro atoms. The van der Waals surface area contributed by atoms with Crippen LogP contribution in [0.5, 0.6) is 5.75 Å². The summed E-state index contributed by atoms with van der Waals surface area (Å²) >= 11 is -0.117. The normalized spacial score (nSPS) is 27.5. The number of anilines is 1. The van der Waals surface area contributed by atoms with Crippen LogP contribution in [-0.4, -0.2) is 49.4 Å². The number of carbonyl (C=O) groups excluding carboxylic acids is 1. The average Bonchev–Trinajstić information content (AvgIpc) is 2.83. The molecule has 4 rings (SSSR count). The van der Waals surface area contributed by atoms with Gasteiger partial charge in [-0.25, -0.2) is 0 Å². The number of hydrogen-bond donors (Lipinski definition) is 0. The van der Waals surface area contributed by atoms with E-state index in [-0.39, 0.29) is 32.8 Å². The number of hydroxylamine groups is 1. The standard InChI is InChI=1S/C19H18N2O3Se/c1-19(25-15-6-4-3-5-7-15)17-16(12-20(19)23)21(18(17)22)13-8-10-14(24-2)11-9-13/h3-12,16-17H,1-2H3/t16-,17+,19-/m0/s1. The molecule has 0 aliphatic carbocycles. The van der Waals surface area contributed by atoms with Crippen molar-refractivity contribution in [2.24, 2.45) is 5.92 Å². The van der Waals surface area contributed by atoms with Crippen molar-refractivity contribution in [1.29, 1.82) is 0 Å². The third-order valence-corrected chi connectivity index (χ3v) is 7.71. The number of amides is 1. The van der Waals surface area contributed by atoms with Crippen molar-refractivity contribution in [2.75, 3.05) is 12.0 Å². The fraction of sp³-hybridized carbons (Fsp3) is 0.263. The van der Waals surface area contributed by atoms with Crippen LogP contribution in [0.2, 0.25) is 0 Å². The second kappa shape index (κ2) is 5.90. The molecule has 1 saturated heterocycles. The number of ether oxygens (including phenoxy) is 1. The molecule has 3 atom stereocenters. The van der Waals surface area contributed by atoms with Crippen molar-refractivity contribution < 1.29 is 14.3 Å². The summed E-state index contributed by atoms with van der Waals surface area (Å²) in [5.41, 5.74) is 0.799. The molecule has 0 radical (unpaired) electrons. The fourth-order valence-corrected chi connectivity index (χ4v) is 6.21. The van der Waals surface area contributed by atoms with Gasteiger partial charge in [-0.2, -0.15) is 0 Å². The molecule has 0 unspecified atom stereocenters. The summed E-state index contributed by atoms with van der Waals surface area (Å²) in [6.07, 6.45) is 1.65. The monoisotopic (exact) mass is 402 g/mol. The summed E-state index contributed by atoms with van der Waals surface area (Å²) in [7, 11) is 1.61. The average molecular weight is 401 g/mol. The molecular formula is C19H18N2O3Se. The number of rotatable bonds is 4. The van der Waals surface area contributed by atoms with Gasteiger partial charge in [-0.1, -0.05) is 0 Å². The van der Waals surface area contributed by atoms with Crippen LogP contribution in [0.4, 0.5) is 5.69 Å². The van der Waals surface area contributed by atoms with Crippen molar-refractivity contribution in [3.8, 4) is 5.75 Å². The Morgan fingerprint density at radius 2 is 1.84 bits per heavy atom. The molecule has 2 aliphatic heterocycles. The molecule has 2 heterocycles. The Kier molecular flexibility index (Phi) is 3.82. The molecule has 5 nitrogen and oxygen atoms in total. The number of methoxy groups -OCH3 is 1. The van der Waals surface area contributed by atoms with Crippen molar-refractivity contribution in [3.05, 3.63) is 59.8 Å². The first-order chi connectivity index (χ1) is 12.0. The summed E-state index contributed by atoms with van der Waals surface area (Å²) in [5.74, 6) is 0.476. The van der Waals surface area contributed by atoms with Crippen LogP contribution in [0.1, 0.15) is 6.92 Å². The minimum atomic E-state index is -0.681. The van der Waals surface area contributed by atoms with Gasteiger partial charge in [-0.15, -0.1) is 0 Å². The molecule has 0 N–H and O–H groups in total. The SMILES string of the molecule is COc1ccc(N2C(=O)[C@H]3[C@@H]2C=[N+]([O-])[C@@]3(C)[Se]c2ccccc2)cc1. The van der Waals surface area contributed by atoms with Crippen LogP contribution < -0.4 is 14.1 Å². The minimum absolute atomic E-state index is 0.0186. The fourth-order valence-electron chi connectivity index (χ4n) is 3.51. The van der Waals surface area contributed by atoms with Gasteiger partial charge in [0.05, 0.1) is 0 Å². The molecule has 1 amide bonds. The van der Waals surface area contributed by atoms with Crippen molar-refractivity contribution >= 4 is 37.2 Å². The zero-order chi connectivity index (χ0) is 17.6. The van der Waals surface area contributed by atoms with Gasteiger partial charge >= 0.3 is 152 Å². The van der Waals surface area contributed by atoms with Gasteiger partial charge in [0.15, 0.2) is 0 Å². The Morgan fingerprint density at radius 3 is 2.48 bits per heavy atom. The van der Waals surface area contributed by atoms with Crippen LogP contribution in [-0.2, 0) is 4.79 Å². The molecule has 2 aromatic rings. The molecule has 2 aromatic carbocycles. The van der Waals surface area contributed by atoms with Crippen molar-refractivity contribution in [1.82, 2.24) is 0 Å². The van der Waals surface area contributed by atoms with E-state index in [1.165, 1.54) is 0 Å². The van der Waals surface area contributed by atoms with E-state index in [2.05, 4.69) is 0 Å². The summed E-state index contributed by atoms with van der Waals surface area (Å²) in [6, 6.07) is 17.1. The maximum atomic E-state index is 12.9. The predicted molar refractivity (Wildman–Crippen MR) is 97.7 cm³/mol. The Hall–Kier alpha value is -2.30. The van der Waals surface area contributed by atoms with Gasteiger partial charge in [-0.3, -0.25) is 0 Å². The molecule has 0 saturated carbocycles. The summed E-state index contributed by atoms with van der Waals surface area (Å²) in [6.45, 7) is 1.91. The quantitative estimate of drug-likeness (QED) is 0.337. The molecule has 0 bridgehead atoms. The number of hydrogen-bond acceptors (Lipinski definition) is 3. The maximum absolute atomic E-state index is 12.9. The van der Waals surface area contributed by atoms with Gasteiger partial charge in [-0.05, 0) is 0 Å². The molecule has 2 aliphatic rings. The summed E-state index contributed by atoms with van der Waals surface area (Å²) in [4.78, 5) is 14.6. The first kappa shape index (κ1) is 16.2. The number of nitrogens with zero attached hydrogens (tertiary/aromatic N) is 2. The van der Waals surface area contributed by atoms with Crippen LogP contribution in [0.15, 0.2) is 54.6 Å². The zero-order valence-electron chi connectivity index (χ0n) is 14.0. The summed E-state index contributed by atoms with van der Waals surface area (Å²) < 4.78 is 6.62. The number of carbonyl (C=O) groups is 1. The van der Waals surface area contributed by atoms with E-state index in [0.29, 0.717) is 0 Å². The molecule has 0 aromatic heterocycles. The Bertz CT molecular complexity index is 838. The van der Waals surface area contributed by atoms with Crippen LogP contribution in [0.3, 0.4) is 0 Å². The van der Waals surface area contributed by atoms with E-state index in [4.69, 9.17) is 4.74 Å².